The van der Waals surface area contributed by atoms with Crippen LogP contribution in [0.1, 0.15) is 26.3 Å². The quantitative estimate of drug-likeness (QED) is 0.202. The lowest BCUT2D eigenvalue weighted by Gasteiger charge is -2.28. The molecule has 0 amide bonds. The Bertz CT molecular complexity index is 2000. The minimum Gasteiger partial charge on any atom is -0.454 e. The number of anilines is 3. The van der Waals surface area contributed by atoms with Crippen LogP contribution in [-0.4, -0.2) is 0 Å². The number of nitrogens with zero attached hydrogens (tertiary/aromatic N) is 1. The molecule has 3 heteroatoms. The van der Waals surface area contributed by atoms with Gasteiger partial charge in [0.05, 0.1) is 5.02 Å². The Kier molecular flexibility index (Phi) is 6.80. The molecule has 0 N–H and O–H groups in total. The lowest BCUT2D eigenvalue weighted by atomic mass is 9.87. The van der Waals surface area contributed by atoms with Gasteiger partial charge in [-0.05, 0) is 81.8 Å². The number of fused-ring (bicyclic) bond motifs is 3. The van der Waals surface area contributed by atoms with Gasteiger partial charge < -0.3 is 9.32 Å². The highest BCUT2D eigenvalue weighted by molar-refractivity contribution is 6.36. The van der Waals surface area contributed by atoms with E-state index < -0.39 is 0 Å². The molecular formula is C40H32ClNO. The summed E-state index contributed by atoms with van der Waals surface area (Å²) in [5, 5.41) is 2.63. The van der Waals surface area contributed by atoms with Crippen molar-refractivity contribution in [3.8, 4) is 22.3 Å². The van der Waals surface area contributed by atoms with E-state index in [4.69, 9.17) is 16.0 Å². The first kappa shape index (κ1) is 27.1. The number of hydrogen-bond donors (Lipinski definition) is 0. The molecule has 0 aliphatic rings. The summed E-state index contributed by atoms with van der Waals surface area (Å²) in [5.74, 6) is 0. The average molecular weight is 578 g/mol. The number of rotatable bonds is 5. The van der Waals surface area contributed by atoms with Gasteiger partial charge in [0.1, 0.15) is 5.58 Å². The molecule has 0 fully saturated rings. The standard InChI is InChI=1S/C40H32ClNO/c1-40(2,3)31-18-20-32(21-19-31)42(34-25-36-35-16-10-11-17-38(35)43-39(36)37(41)26-34)33-23-29(27-12-6-4-7-13-27)22-30(24-33)28-14-8-5-9-15-28/h4-26H,1-3H3. The smallest absolute Gasteiger partial charge is 0.154 e. The van der Waals surface area contributed by atoms with E-state index in [2.05, 4.69) is 141 Å². The van der Waals surface area contributed by atoms with Gasteiger partial charge in [-0.1, -0.05) is 123 Å². The SMILES string of the molecule is CC(C)(C)c1ccc(N(c2cc(-c3ccccc3)cc(-c3ccccc3)c2)c2cc(Cl)c3oc4ccccc4c3c2)cc1. The van der Waals surface area contributed by atoms with E-state index in [-0.39, 0.29) is 5.41 Å². The van der Waals surface area contributed by atoms with Crippen LogP contribution in [0.25, 0.3) is 44.2 Å². The first-order valence-corrected chi connectivity index (χ1v) is 15.0. The number of halogens is 1. The summed E-state index contributed by atoms with van der Waals surface area (Å²) in [6, 6.07) is 49.1. The van der Waals surface area contributed by atoms with E-state index in [1.54, 1.807) is 0 Å². The fourth-order valence-corrected chi connectivity index (χ4v) is 6.04. The molecule has 0 unspecified atom stereocenters. The number of benzene rings is 6. The highest BCUT2D eigenvalue weighted by Gasteiger charge is 2.21. The van der Waals surface area contributed by atoms with Gasteiger partial charge in [0.2, 0.25) is 0 Å². The molecule has 7 rings (SSSR count). The molecule has 43 heavy (non-hydrogen) atoms. The molecule has 7 aromatic rings. The molecule has 0 radical (unpaired) electrons. The maximum atomic E-state index is 6.97. The first-order valence-electron chi connectivity index (χ1n) is 14.6. The minimum atomic E-state index is 0.0506. The van der Waals surface area contributed by atoms with E-state index in [0.29, 0.717) is 10.6 Å². The van der Waals surface area contributed by atoms with Crippen LogP contribution in [0.2, 0.25) is 5.02 Å². The van der Waals surface area contributed by atoms with Gasteiger partial charge in [0.25, 0.3) is 0 Å². The number of hydrogen-bond acceptors (Lipinski definition) is 2. The van der Waals surface area contributed by atoms with Crippen molar-refractivity contribution < 1.29 is 4.42 Å². The summed E-state index contributed by atoms with van der Waals surface area (Å²) < 4.78 is 6.19. The van der Waals surface area contributed by atoms with Crippen LogP contribution in [0.5, 0.6) is 0 Å². The lowest BCUT2D eigenvalue weighted by Crippen LogP contribution is -2.13. The second-order valence-electron chi connectivity index (χ2n) is 12.0. The fraction of sp³-hybridized carbons (Fsp3) is 0.100. The van der Waals surface area contributed by atoms with Crippen molar-refractivity contribution in [1.29, 1.82) is 0 Å². The van der Waals surface area contributed by atoms with Gasteiger partial charge >= 0.3 is 0 Å². The fourth-order valence-electron chi connectivity index (χ4n) is 5.79. The Morgan fingerprint density at radius 3 is 1.67 bits per heavy atom. The zero-order valence-electron chi connectivity index (χ0n) is 24.5. The summed E-state index contributed by atoms with van der Waals surface area (Å²) in [7, 11) is 0. The maximum absolute atomic E-state index is 6.97. The van der Waals surface area contributed by atoms with Gasteiger partial charge in [0.15, 0.2) is 5.58 Å². The molecule has 1 aromatic heterocycles. The van der Waals surface area contributed by atoms with Crippen LogP contribution in [0.15, 0.2) is 144 Å². The van der Waals surface area contributed by atoms with Crippen molar-refractivity contribution in [3.05, 3.63) is 150 Å². The zero-order chi connectivity index (χ0) is 29.6. The van der Waals surface area contributed by atoms with Crippen LogP contribution in [0.3, 0.4) is 0 Å². The predicted octanol–water partition coefficient (Wildman–Crippen LogP) is 12.3. The summed E-state index contributed by atoms with van der Waals surface area (Å²) >= 11 is 6.97. The van der Waals surface area contributed by atoms with E-state index in [0.717, 1.165) is 44.5 Å². The van der Waals surface area contributed by atoms with Crippen molar-refractivity contribution in [3.63, 3.8) is 0 Å². The number of para-hydroxylation sites is 1. The molecule has 0 aliphatic heterocycles. The molecule has 0 bridgehead atoms. The van der Waals surface area contributed by atoms with Crippen molar-refractivity contribution in [2.24, 2.45) is 0 Å². The third kappa shape index (κ3) is 5.20. The van der Waals surface area contributed by atoms with Crippen LogP contribution in [-0.2, 0) is 5.41 Å². The normalized spacial score (nSPS) is 11.7. The molecule has 0 atom stereocenters. The zero-order valence-corrected chi connectivity index (χ0v) is 25.3. The largest absolute Gasteiger partial charge is 0.454 e. The monoisotopic (exact) mass is 577 g/mol. The molecule has 2 nitrogen and oxygen atoms in total. The molecule has 0 saturated carbocycles. The van der Waals surface area contributed by atoms with E-state index in [1.807, 2.05) is 24.3 Å². The van der Waals surface area contributed by atoms with E-state index >= 15 is 0 Å². The molecule has 0 saturated heterocycles. The van der Waals surface area contributed by atoms with Gasteiger partial charge in [0, 0.05) is 27.8 Å². The Morgan fingerprint density at radius 2 is 1.07 bits per heavy atom. The lowest BCUT2D eigenvalue weighted by molar-refractivity contribution is 0.590. The molecule has 0 spiro atoms. The van der Waals surface area contributed by atoms with Crippen LogP contribution >= 0.6 is 11.6 Å². The first-order chi connectivity index (χ1) is 20.8. The molecule has 210 valence electrons. The highest BCUT2D eigenvalue weighted by atomic mass is 35.5. The Hall–Kier alpha value is -4.79. The summed E-state index contributed by atoms with van der Waals surface area (Å²) in [6.45, 7) is 6.73. The summed E-state index contributed by atoms with van der Waals surface area (Å²) in [4.78, 5) is 2.30. The van der Waals surface area contributed by atoms with Crippen LogP contribution in [0, 0.1) is 0 Å². The van der Waals surface area contributed by atoms with E-state index in [1.165, 1.54) is 16.7 Å². The topological polar surface area (TPSA) is 16.4 Å². The molecular weight excluding hydrogens is 546 g/mol. The third-order valence-electron chi connectivity index (χ3n) is 8.06. The second kappa shape index (κ2) is 10.8. The maximum Gasteiger partial charge on any atom is 0.154 e. The Labute approximate surface area is 257 Å². The van der Waals surface area contributed by atoms with Gasteiger partial charge in [-0.2, -0.15) is 0 Å². The summed E-state index contributed by atoms with van der Waals surface area (Å²) in [5.41, 5.74) is 10.6. The average Bonchev–Trinajstić information content (AvgIpc) is 3.41. The third-order valence-corrected chi connectivity index (χ3v) is 8.34. The van der Waals surface area contributed by atoms with Crippen LogP contribution in [0.4, 0.5) is 17.1 Å². The Balaban J connectivity index is 1.50. The minimum absolute atomic E-state index is 0.0506. The highest BCUT2D eigenvalue weighted by Crippen LogP contribution is 2.44. The van der Waals surface area contributed by atoms with Crippen molar-refractivity contribution in [1.82, 2.24) is 0 Å². The number of furan rings is 1. The predicted molar refractivity (Wildman–Crippen MR) is 183 cm³/mol. The Morgan fingerprint density at radius 1 is 0.512 bits per heavy atom. The van der Waals surface area contributed by atoms with Crippen LogP contribution < -0.4 is 4.90 Å². The van der Waals surface area contributed by atoms with Crippen molar-refractivity contribution >= 4 is 50.6 Å². The van der Waals surface area contributed by atoms with Gasteiger partial charge in [-0.3, -0.25) is 0 Å². The van der Waals surface area contributed by atoms with Gasteiger partial charge in [-0.25, -0.2) is 0 Å². The molecule has 1 heterocycles. The second-order valence-corrected chi connectivity index (χ2v) is 12.4. The van der Waals surface area contributed by atoms with Crippen molar-refractivity contribution in [2.45, 2.75) is 26.2 Å². The van der Waals surface area contributed by atoms with Gasteiger partial charge in [-0.15, -0.1) is 0 Å². The molecule has 6 aromatic carbocycles. The van der Waals surface area contributed by atoms with Crippen molar-refractivity contribution in [2.75, 3.05) is 4.90 Å². The van der Waals surface area contributed by atoms with E-state index in [9.17, 15) is 0 Å². The summed E-state index contributed by atoms with van der Waals surface area (Å²) in [6.07, 6.45) is 0. The molecule has 0 aliphatic carbocycles.